The number of ether oxygens (including phenoxy) is 2. The average molecular weight is 249 g/mol. The molecule has 88 valence electrons. The summed E-state index contributed by atoms with van der Waals surface area (Å²) >= 11 is 1.43. The number of rotatable bonds is 3. The molecule has 0 spiro atoms. The Kier molecular flexibility index (Phi) is 3.72. The van der Waals surface area contributed by atoms with Crippen LogP contribution >= 0.6 is 11.3 Å². The Balaban J connectivity index is 1.83. The lowest BCUT2D eigenvalue weighted by Gasteiger charge is -2.04. The third-order valence-corrected chi connectivity index (χ3v) is 2.79. The Morgan fingerprint density at radius 1 is 1.35 bits per heavy atom. The maximum absolute atomic E-state index is 11.3. The van der Waals surface area contributed by atoms with Gasteiger partial charge in [0.05, 0.1) is 10.4 Å². The van der Waals surface area contributed by atoms with Gasteiger partial charge in [-0.15, -0.1) is 11.3 Å². The van der Waals surface area contributed by atoms with Gasteiger partial charge in [-0.25, -0.2) is 4.79 Å². The second-order valence-electron chi connectivity index (χ2n) is 3.42. The van der Waals surface area contributed by atoms with E-state index in [1.54, 1.807) is 23.8 Å². The van der Waals surface area contributed by atoms with Gasteiger partial charge in [0.2, 0.25) is 0 Å². The van der Waals surface area contributed by atoms with Gasteiger partial charge in [-0.3, -0.25) is 4.98 Å². The van der Waals surface area contributed by atoms with E-state index in [0.717, 1.165) is 10.4 Å². The number of carbonyl (C=O) groups is 1. The Labute approximate surface area is 103 Å². The van der Waals surface area contributed by atoms with E-state index in [4.69, 9.17) is 9.47 Å². The standard InChI is InChI=1S/C12H11NO3S/c1-9-2-4-10(5-3-9)16-12(14)15-7-11-6-13-8-17-11/h2-6,8H,7H2,1H3. The first kappa shape index (κ1) is 11.6. The Hall–Kier alpha value is -1.88. The van der Waals surface area contributed by atoms with Crippen LogP contribution in [-0.4, -0.2) is 11.1 Å². The molecule has 0 aliphatic rings. The summed E-state index contributed by atoms with van der Waals surface area (Å²) in [5.41, 5.74) is 2.79. The van der Waals surface area contributed by atoms with E-state index in [0.29, 0.717) is 5.75 Å². The molecular formula is C12H11NO3S. The zero-order chi connectivity index (χ0) is 12.1. The van der Waals surface area contributed by atoms with Crippen molar-refractivity contribution < 1.29 is 14.3 Å². The van der Waals surface area contributed by atoms with Crippen LogP contribution in [0.3, 0.4) is 0 Å². The molecule has 0 fully saturated rings. The predicted molar refractivity (Wildman–Crippen MR) is 64.1 cm³/mol. The highest BCUT2D eigenvalue weighted by molar-refractivity contribution is 7.09. The first-order valence-electron chi connectivity index (χ1n) is 5.02. The van der Waals surface area contributed by atoms with Gasteiger partial charge in [-0.2, -0.15) is 0 Å². The summed E-state index contributed by atoms with van der Waals surface area (Å²) in [6.45, 7) is 2.15. The molecule has 0 atom stereocenters. The summed E-state index contributed by atoms with van der Waals surface area (Å²) in [5, 5.41) is 0. The van der Waals surface area contributed by atoms with Gasteiger partial charge in [0.15, 0.2) is 0 Å². The largest absolute Gasteiger partial charge is 0.514 e. The highest BCUT2D eigenvalue weighted by Crippen LogP contribution is 2.13. The lowest BCUT2D eigenvalue weighted by Crippen LogP contribution is -2.09. The van der Waals surface area contributed by atoms with Crippen LogP contribution in [0.5, 0.6) is 5.75 Å². The van der Waals surface area contributed by atoms with Crippen LogP contribution in [0.1, 0.15) is 10.4 Å². The molecule has 5 heteroatoms. The molecule has 4 nitrogen and oxygen atoms in total. The molecule has 2 aromatic rings. The van der Waals surface area contributed by atoms with Gasteiger partial charge < -0.3 is 9.47 Å². The summed E-state index contributed by atoms with van der Waals surface area (Å²) < 4.78 is 9.92. The molecule has 0 radical (unpaired) electrons. The average Bonchev–Trinajstić information content (AvgIpc) is 2.83. The maximum Gasteiger partial charge on any atom is 0.514 e. The predicted octanol–water partition coefficient (Wildman–Crippen LogP) is 3.17. The molecule has 0 aliphatic carbocycles. The van der Waals surface area contributed by atoms with Crippen molar-refractivity contribution in [1.82, 2.24) is 4.98 Å². The SMILES string of the molecule is Cc1ccc(OC(=O)OCc2cncs2)cc1. The van der Waals surface area contributed by atoms with Crippen LogP contribution in [0.4, 0.5) is 4.79 Å². The number of thiazole rings is 1. The van der Waals surface area contributed by atoms with Crippen molar-refractivity contribution in [3.63, 3.8) is 0 Å². The van der Waals surface area contributed by atoms with Crippen LogP contribution in [0.2, 0.25) is 0 Å². The van der Waals surface area contributed by atoms with E-state index in [1.165, 1.54) is 11.3 Å². The number of hydrogen-bond donors (Lipinski definition) is 0. The van der Waals surface area contributed by atoms with E-state index in [2.05, 4.69) is 4.98 Å². The Bertz CT molecular complexity index is 479. The highest BCUT2D eigenvalue weighted by Gasteiger charge is 2.06. The van der Waals surface area contributed by atoms with Crippen molar-refractivity contribution in [2.45, 2.75) is 13.5 Å². The van der Waals surface area contributed by atoms with Crippen LogP contribution in [0.15, 0.2) is 36.0 Å². The molecule has 0 amide bonds. The zero-order valence-electron chi connectivity index (χ0n) is 9.25. The molecular weight excluding hydrogens is 238 g/mol. The minimum absolute atomic E-state index is 0.190. The smallest absolute Gasteiger partial charge is 0.428 e. The fourth-order valence-electron chi connectivity index (χ4n) is 1.18. The van der Waals surface area contributed by atoms with E-state index in [9.17, 15) is 4.79 Å². The number of aryl methyl sites for hydroxylation is 1. The third kappa shape index (κ3) is 3.57. The number of aromatic nitrogens is 1. The van der Waals surface area contributed by atoms with Crippen LogP contribution in [0, 0.1) is 6.92 Å². The molecule has 2 rings (SSSR count). The minimum atomic E-state index is -0.706. The fourth-order valence-corrected chi connectivity index (χ4v) is 1.68. The van der Waals surface area contributed by atoms with Crippen molar-refractivity contribution in [1.29, 1.82) is 0 Å². The van der Waals surface area contributed by atoms with E-state index in [1.807, 2.05) is 19.1 Å². The van der Waals surface area contributed by atoms with Crippen molar-refractivity contribution in [3.8, 4) is 5.75 Å². The molecule has 0 aliphatic heterocycles. The first-order valence-corrected chi connectivity index (χ1v) is 5.90. The second-order valence-corrected chi connectivity index (χ2v) is 4.39. The van der Waals surface area contributed by atoms with E-state index in [-0.39, 0.29) is 6.61 Å². The minimum Gasteiger partial charge on any atom is -0.428 e. The molecule has 17 heavy (non-hydrogen) atoms. The van der Waals surface area contributed by atoms with Gasteiger partial charge in [0, 0.05) is 6.20 Å². The summed E-state index contributed by atoms with van der Waals surface area (Å²) in [6.07, 6.45) is 0.950. The molecule has 0 saturated heterocycles. The Morgan fingerprint density at radius 3 is 2.76 bits per heavy atom. The summed E-state index contributed by atoms with van der Waals surface area (Å²) in [6, 6.07) is 7.18. The molecule has 0 N–H and O–H groups in total. The molecule has 0 saturated carbocycles. The second kappa shape index (κ2) is 5.45. The van der Waals surface area contributed by atoms with Crippen molar-refractivity contribution in [3.05, 3.63) is 46.4 Å². The summed E-state index contributed by atoms with van der Waals surface area (Å²) in [7, 11) is 0. The lowest BCUT2D eigenvalue weighted by molar-refractivity contribution is 0.0936. The quantitative estimate of drug-likeness (QED) is 0.619. The van der Waals surface area contributed by atoms with Crippen LogP contribution < -0.4 is 4.74 Å². The normalized spacial score (nSPS) is 9.94. The number of carbonyl (C=O) groups excluding carboxylic acids is 1. The van der Waals surface area contributed by atoms with Gasteiger partial charge >= 0.3 is 6.16 Å². The topological polar surface area (TPSA) is 48.4 Å². The number of hydrogen-bond acceptors (Lipinski definition) is 5. The van der Waals surface area contributed by atoms with Gasteiger partial charge in [-0.05, 0) is 19.1 Å². The van der Waals surface area contributed by atoms with E-state index < -0.39 is 6.16 Å². The zero-order valence-corrected chi connectivity index (χ0v) is 10.1. The van der Waals surface area contributed by atoms with Gasteiger partial charge in [0.25, 0.3) is 0 Å². The van der Waals surface area contributed by atoms with Crippen molar-refractivity contribution in [2.24, 2.45) is 0 Å². The van der Waals surface area contributed by atoms with Gasteiger partial charge in [-0.1, -0.05) is 17.7 Å². The fraction of sp³-hybridized carbons (Fsp3) is 0.167. The summed E-state index contributed by atoms with van der Waals surface area (Å²) in [5.74, 6) is 0.477. The molecule has 1 aromatic carbocycles. The molecule has 0 unspecified atom stereocenters. The van der Waals surface area contributed by atoms with Crippen LogP contribution in [-0.2, 0) is 11.3 Å². The van der Waals surface area contributed by atoms with Crippen LogP contribution in [0.25, 0.3) is 0 Å². The molecule has 1 heterocycles. The Morgan fingerprint density at radius 2 is 2.12 bits per heavy atom. The number of nitrogens with zero attached hydrogens (tertiary/aromatic N) is 1. The summed E-state index contributed by atoms with van der Waals surface area (Å²) in [4.78, 5) is 16.1. The first-order chi connectivity index (χ1) is 8.24. The third-order valence-electron chi connectivity index (χ3n) is 2.04. The van der Waals surface area contributed by atoms with Crippen molar-refractivity contribution >= 4 is 17.5 Å². The van der Waals surface area contributed by atoms with Gasteiger partial charge in [0.1, 0.15) is 12.4 Å². The highest BCUT2D eigenvalue weighted by atomic mass is 32.1. The monoisotopic (exact) mass is 249 g/mol. The lowest BCUT2D eigenvalue weighted by atomic mass is 10.2. The molecule has 1 aromatic heterocycles. The number of benzene rings is 1. The maximum atomic E-state index is 11.3. The van der Waals surface area contributed by atoms with E-state index >= 15 is 0 Å². The molecule has 0 bridgehead atoms. The van der Waals surface area contributed by atoms with Crippen molar-refractivity contribution in [2.75, 3.05) is 0 Å².